The molecule has 0 saturated heterocycles. The zero-order valence-corrected chi connectivity index (χ0v) is 15.3. The van der Waals surface area contributed by atoms with Crippen molar-refractivity contribution in [2.75, 3.05) is 5.32 Å². The van der Waals surface area contributed by atoms with E-state index in [-0.39, 0.29) is 28.2 Å². The third kappa shape index (κ3) is 4.23. The number of nitrogens with zero attached hydrogens (tertiary/aromatic N) is 4. The van der Waals surface area contributed by atoms with Crippen LogP contribution in [-0.2, 0) is 17.5 Å². The second kappa shape index (κ2) is 7.57. The Kier molecular flexibility index (Phi) is 5.31. The summed E-state index contributed by atoms with van der Waals surface area (Å²) in [6.45, 7) is 2.83. The molecule has 0 spiro atoms. The van der Waals surface area contributed by atoms with Crippen LogP contribution in [0.1, 0.15) is 31.0 Å². The number of amides is 1. The van der Waals surface area contributed by atoms with Gasteiger partial charge in [-0.2, -0.15) is 18.3 Å². The Hall–Kier alpha value is -3.37. The van der Waals surface area contributed by atoms with Crippen LogP contribution in [0, 0.1) is 5.82 Å². The molecule has 0 radical (unpaired) electrons. The minimum atomic E-state index is -4.57. The Morgan fingerprint density at radius 3 is 2.59 bits per heavy atom. The van der Waals surface area contributed by atoms with E-state index >= 15 is 0 Å². The lowest BCUT2D eigenvalue weighted by Crippen LogP contribution is -2.31. The third-order valence-electron chi connectivity index (χ3n) is 4.08. The van der Waals surface area contributed by atoms with E-state index in [9.17, 15) is 27.2 Å². The highest BCUT2D eigenvalue weighted by molar-refractivity contribution is 5.90. The van der Waals surface area contributed by atoms with Crippen molar-refractivity contribution in [2.24, 2.45) is 0 Å². The van der Waals surface area contributed by atoms with E-state index in [1.54, 1.807) is 13.8 Å². The van der Waals surface area contributed by atoms with E-state index in [2.05, 4.69) is 20.4 Å². The summed E-state index contributed by atoms with van der Waals surface area (Å²) in [5.74, 6) is -2.33. The number of carbonyl (C=O) groups excluding carboxylic acids is 1. The fourth-order valence-corrected chi connectivity index (χ4v) is 2.73. The number of alkyl halides is 3. The molecule has 0 bridgehead atoms. The molecule has 2 heterocycles. The maximum Gasteiger partial charge on any atom is 0.416 e. The highest BCUT2D eigenvalue weighted by Crippen LogP contribution is 2.32. The minimum Gasteiger partial charge on any atom is -0.307 e. The van der Waals surface area contributed by atoms with Crippen molar-refractivity contribution in [3.05, 3.63) is 58.2 Å². The summed E-state index contributed by atoms with van der Waals surface area (Å²) in [6, 6.07) is 2.74. The van der Waals surface area contributed by atoms with Crippen LogP contribution < -0.4 is 10.9 Å². The Balaban J connectivity index is 2.03. The average molecular weight is 409 g/mol. The normalized spacial score (nSPS) is 11.8. The van der Waals surface area contributed by atoms with Crippen molar-refractivity contribution in [3.63, 3.8) is 0 Å². The predicted octanol–water partition coefficient (Wildman–Crippen LogP) is 3.11. The van der Waals surface area contributed by atoms with Crippen LogP contribution >= 0.6 is 0 Å². The van der Waals surface area contributed by atoms with Crippen LogP contribution in [0.15, 0.2) is 35.5 Å². The fraction of sp³-hybridized carbons (Fsp3) is 0.278. The van der Waals surface area contributed by atoms with Crippen molar-refractivity contribution >= 4 is 22.5 Å². The number of rotatable bonds is 4. The molecule has 29 heavy (non-hydrogen) atoms. The van der Waals surface area contributed by atoms with Gasteiger partial charge >= 0.3 is 6.18 Å². The lowest BCUT2D eigenvalue weighted by Gasteiger charge is -2.15. The molecule has 1 aromatic carbocycles. The molecule has 2 aromatic heterocycles. The smallest absolute Gasteiger partial charge is 0.307 e. The largest absolute Gasteiger partial charge is 0.416 e. The van der Waals surface area contributed by atoms with Gasteiger partial charge in [0.15, 0.2) is 11.6 Å². The Morgan fingerprint density at radius 2 is 1.97 bits per heavy atom. The number of anilines is 1. The second-order valence-electron chi connectivity index (χ2n) is 6.53. The van der Waals surface area contributed by atoms with Crippen molar-refractivity contribution in [3.8, 4) is 0 Å². The number of carbonyl (C=O) groups is 1. The number of aromatic nitrogens is 4. The van der Waals surface area contributed by atoms with E-state index in [0.29, 0.717) is 0 Å². The monoisotopic (exact) mass is 409 g/mol. The van der Waals surface area contributed by atoms with Gasteiger partial charge in [-0.1, -0.05) is 13.8 Å². The van der Waals surface area contributed by atoms with Crippen molar-refractivity contribution < 1.29 is 22.4 Å². The van der Waals surface area contributed by atoms with E-state index in [1.807, 2.05) is 0 Å². The average Bonchev–Trinajstić information content (AvgIpc) is 2.64. The summed E-state index contributed by atoms with van der Waals surface area (Å²) in [6.07, 6.45) is -2.68. The summed E-state index contributed by atoms with van der Waals surface area (Å²) in [4.78, 5) is 31.9. The van der Waals surface area contributed by atoms with Crippen molar-refractivity contribution in [1.82, 2.24) is 19.7 Å². The summed E-state index contributed by atoms with van der Waals surface area (Å²) in [7, 11) is 0. The molecule has 152 valence electrons. The fourth-order valence-electron chi connectivity index (χ4n) is 2.73. The molecule has 0 saturated carbocycles. The van der Waals surface area contributed by atoms with Crippen LogP contribution in [-0.4, -0.2) is 25.7 Å². The van der Waals surface area contributed by atoms with Gasteiger partial charge in [0.1, 0.15) is 12.9 Å². The molecule has 1 N–H and O–H groups in total. The quantitative estimate of drug-likeness (QED) is 0.669. The third-order valence-corrected chi connectivity index (χ3v) is 4.08. The van der Waals surface area contributed by atoms with Gasteiger partial charge in [-0.3, -0.25) is 9.59 Å². The minimum absolute atomic E-state index is 0.00211. The second-order valence-corrected chi connectivity index (χ2v) is 6.53. The number of fused-ring (bicyclic) bond motifs is 1. The molecular weight excluding hydrogens is 394 g/mol. The van der Waals surface area contributed by atoms with Crippen LogP contribution in [0.2, 0.25) is 0 Å². The summed E-state index contributed by atoms with van der Waals surface area (Å²) < 4.78 is 53.5. The topological polar surface area (TPSA) is 89.8 Å². The first kappa shape index (κ1) is 20.4. The highest BCUT2D eigenvalue weighted by Gasteiger charge is 2.31. The first-order valence-corrected chi connectivity index (χ1v) is 8.45. The molecule has 0 aliphatic rings. The van der Waals surface area contributed by atoms with Gasteiger partial charge in [-0.05, 0) is 24.1 Å². The van der Waals surface area contributed by atoms with Crippen molar-refractivity contribution in [2.45, 2.75) is 32.5 Å². The van der Waals surface area contributed by atoms with Gasteiger partial charge in [-0.25, -0.2) is 19.0 Å². The molecule has 11 heteroatoms. The van der Waals surface area contributed by atoms with E-state index in [0.717, 1.165) is 35.4 Å². The van der Waals surface area contributed by atoms with Gasteiger partial charge in [0.25, 0.3) is 5.56 Å². The molecule has 3 aromatic rings. The first-order chi connectivity index (χ1) is 13.6. The van der Waals surface area contributed by atoms with E-state index < -0.39 is 35.6 Å². The molecule has 0 aliphatic heterocycles. The van der Waals surface area contributed by atoms with Gasteiger partial charge < -0.3 is 5.32 Å². The molecule has 0 unspecified atom stereocenters. The Labute approximate surface area is 161 Å². The first-order valence-electron chi connectivity index (χ1n) is 8.45. The van der Waals surface area contributed by atoms with Gasteiger partial charge in [0.2, 0.25) is 5.91 Å². The summed E-state index contributed by atoms with van der Waals surface area (Å²) in [5.41, 5.74) is -1.41. The number of halogens is 4. The Bertz CT molecular complexity index is 1140. The molecule has 1 amide bonds. The lowest BCUT2D eigenvalue weighted by molar-refractivity contribution is -0.137. The number of benzene rings is 1. The zero-order chi connectivity index (χ0) is 21.3. The molecule has 3 rings (SSSR count). The maximum atomic E-state index is 13.6. The molecule has 7 nitrogen and oxygen atoms in total. The number of hydrogen-bond acceptors (Lipinski definition) is 5. The van der Waals surface area contributed by atoms with Crippen LogP contribution in [0.3, 0.4) is 0 Å². The van der Waals surface area contributed by atoms with Crippen LogP contribution in [0.25, 0.3) is 10.8 Å². The van der Waals surface area contributed by atoms with Crippen LogP contribution in [0.5, 0.6) is 0 Å². The van der Waals surface area contributed by atoms with E-state index in [1.165, 1.54) is 0 Å². The lowest BCUT2D eigenvalue weighted by atomic mass is 10.0. The standard InChI is InChI=1S/C18H15F4N5O2/c1-9(2)15-12-5-10(18(20,21)22)3-4-11(12)17(29)27(26-15)7-14(28)25-16-13(19)6-23-8-24-16/h3-6,8-9H,7H2,1-2H3,(H,23,24,25,28). The molecule has 0 fully saturated rings. The van der Waals surface area contributed by atoms with Gasteiger partial charge in [0, 0.05) is 5.39 Å². The Morgan fingerprint density at radius 1 is 1.24 bits per heavy atom. The predicted molar refractivity (Wildman–Crippen MR) is 95.7 cm³/mol. The number of nitrogens with one attached hydrogen (secondary N) is 1. The molecule has 0 aliphatic carbocycles. The van der Waals surface area contributed by atoms with Crippen molar-refractivity contribution in [1.29, 1.82) is 0 Å². The number of hydrogen-bond donors (Lipinski definition) is 1. The SMILES string of the molecule is CC(C)c1nn(CC(=O)Nc2ncncc2F)c(=O)c2ccc(C(F)(F)F)cc12. The zero-order valence-electron chi connectivity index (χ0n) is 15.3. The van der Waals surface area contributed by atoms with E-state index in [4.69, 9.17) is 0 Å². The van der Waals surface area contributed by atoms with Crippen LogP contribution in [0.4, 0.5) is 23.4 Å². The molecular formula is C18H15F4N5O2. The van der Waals surface area contributed by atoms with Gasteiger partial charge in [0.05, 0.1) is 22.8 Å². The summed E-state index contributed by atoms with van der Waals surface area (Å²) >= 11 is 0. The maximum absolute atomic E-state index is 13.6. The van der Waals surface area contributed by atoms with Gasteiger partial charge in [-0.15, -0.1) is 0 Å². The molecule has 0 atom stereocenters. The summed E-state index contributed by atoms with van der Waals surface area (Å²) in [5, 5.41) is 6.34. The highest BCUT2D eigenvalue weighted by atomic mass is 19.4.